The molecule has 0 atom stereocenters. The van der Waals surface area contributed by atoms with Crippen LogP contribution in [0.1, 0.15) is 0 Å². The molecule has 0 unspecified atom stereocenters. The van der Waals surface area contributed by atoms with Crippen LogP contribution in [-0.2, 0) is 0 Å². The van der Waals surface area contributed by atoms with Gasteiger partial charge in [-0.25, -0.2) is 4.98 Å². The molecule has 0 saturated heterocycles. The lowest BCUT2D eigenvalue weighted by molar-refractivity contribution is 0.976. The van der Waals surface area contributed by atoms with Crippen molar-refractivity contribution in [2.45, 2.75) is 0 Å². The van der Waals surface area contributed by atoms with Crippen LogP contribution < -0.4 is 5.56 Å². The molecule has 0 aliphatic rings. The van der Waals surface area contributed by atoms with Gasteiger partial charge in [-0.2, -0.15) is 0 Å². The number of fused-ring (bicyclic) bond motifs is 1. The zero-order chi connectivity index (χ0) is 31.6. The van der Waals surface area contributed by atoms with Gasteiger partial charge in [-0.05, 0) is 80.9 Å². The fourth-order valence-electron chi connectivity index (χ4n) is 6.23. The molecule has 0 aliphatic heterocycles. The van der Waals surface area contributed by atoms with Gasteiger partial charge in [-0.1, -0.05) is 146 Å². The van der Waals surface area contributed by atoms with Crippen LogP contribution in [0, 0.1) is 0 Å². The van der Waals surface area contributed by atoms with Crippen LogP contribution in [0.25, 0.3) is 72.5 Å². The molecule has 222 valence electrons. The number of rotatable bonds is 6. The van der Waals surface area contributed by atoms with E-state index in [0.29, 0.717) is 16.7 Å². The second kappa shape index (κ2) is 12.2. The molecule has 0 N–H and O–H groups in total. The van der Waals surface area contributed by atoms with Crippen molar-refractivity contribution in [2.75, 3.05) is 0 Å². The normalized spacial score (nSPS) is 11.1. The summed E-state index contributed by atoms with van der Waals surface area (Å²) in [4.78, 5) is 19.8. The van der Waals surface area contributed by atoms with Crippen molar-refractivity contribution in [3.63, 3.8) is 0 Å². The minimum Gasteiger partial charge on any atom is -0.268 e. The molecule has 1 heterocycles. The summed E-state index contributed by atoms with van der Waals surface area (Å²) in [5.74, 6) is 0.598. The van der Waals surface area contributed by atoms with Crippen molar-refractivity contribution >= 4 is 10.9 Å². The van der Waals surface area contributed by atoms with Crippen molar-refractivity contribution in [1.82, 2.24) is 9.55 Å². The quantitative estimate of drug-likeness (QED) is 0.190. The van der Waals surface area contributed by atoms with Gasteiger partial charge < -0.3 is 0 Å². The first-order valence-corrected chi connectivity index (χ1v) is 15.8. The maximum atomic E-state index is 14.5. The molecule has 3 nitrogen and oxygen atoms in total. The average molecular weight is 603 g/mol. The largest absolute Gasteiger partial charge is 0.268 e. The summed E-state index contributed by atoms with van der Waals surface area (Å²) in [5, 5.41) is 0.570. The summed E-state index contributed by atoms with van der Waals surface area (Å²) in [6.07, 6.45) is 0. The van der Waals surface area contributed by atoms with E-state index >= 15 is 0 Å². The summed E-state index contributed by atoms with van der Waals surface area (Å²) in [6, 6.07) is 61.8. The molecule has 0 spiro atoms. The third kappa shape index (κ3) is 5.56. The van der Waals surface area contributed by atoms with E-state index in [2.05, 4.69) is 97.1 Å². The van der Waals surface area contributed by atoms with Crippen molar-refractivity contribution in [2.24, 2.45) is 0 Å². The van der Waals surface area contributed by atoms with E-state index in [-0.39, 0.29) is 5.56 Å². The first-order valence-electron chi connectivity index (χ1n) is 15.8. The highest BCUT2D eigenvalue weighted by molar-refractivity contribution is 5.87. The molecule has 3 heteroatoms. The number of aromatic nitrogens is 2. The van der Waals surface area contributed by atoms with Gasteiger partial charge in [0.25, 0.3) is 5.56 Å². The molecule has 0 saturated carbocycles. The third-order valence-corrected chi connectivity index (χ3v) is 8.61. The summed E-state index contributed by atoms with van der Waals surface area (Å²) >= 11 is 0. The highest BCUT2D eigenvalue weighted by Gasteiger charge is 2.17. The average Bonchev–Trinajstić information content (AvgIpc) is 3.16. The molecule has 1 aromatic heterocycles. The van der Waals surface area contributed by atoms with Gasteiger partial charge in [-0.15, -0.1) is 0 Å². The van der Waals surface area contributed by atoms with Gasteiger partial charge >= 0.3 is 0 Å². The van der Waals surface area contributed by atoms with Gasteiger partial charge in [0.1, 0.15) is 5.82 Å². The lowest BCUT2D eigenvalue weighted by Gasteiger charge is -2.16. The van der Waals surface area contributed by atoms with Crippen molar-refractivity contribution in [3.8, 4) is 61.6 Å². The predicted octanol–water partition coefficient (Wildman–Crippen LogP) is 10.7. The third-order valence-electron chi connectivity index (χ3n) is 8.61. The smallest absolute Gasteiger partial charge is 0.266 e. The fraction of sp³-hybridized carbons (Fsp3) is 0. The summed E-state index contributed by atoms with van der Waals surface area (Å²) in [6.45, 7) is 0. The number of nitrogens with zero attached hydrogens (tertiary/aromatic N) is 2. The van der Waals surface area contributed by atoms with Crippen LogP contribution in [0.5, 0.6) is 0 Å². The van der Waals surface area contributed by atoms with Crippen molar-refractivity contribution < 1.29 is 0 Å². The van der Waals surface area contributed by atoms with Crippen LogP contribution in [0.2, 0.25) is 0 Å². The van der Waals surface area contributed by atoms with E-state index in [1.54, 1.807) is 4.57 Å². The monoisotopic (exact) mass is 602 g/mol. The topological polar surface area (TPSA) is 34.9 Å². The minimum atomic E-state index is -0.107. The molecule has 0 fully saturated rings. The first-order chi connectivity index (χ1) is 23.2. The van der Waals surface area contributed by atoms with E-state index in [1.807, 2.05) is 84.9 Å². The Balaban J connectivity index is 1.33. The Kier molecular flexibility index (Phi) is 7.33. The van der Waals surface area contributed by atoms with Gasteiger partial charge in [-0.3, -0.25) is 9.36 Å². The molecule has 0 amide bonds. The van der Waals surface area contributed by atoms with E-state index < -0.39 is 0 Å². The molecule has 0 aliphatic carbocycles. The molecule has 0 radical (unpaired) electrons. The highest BCUT2D eigenvalue weighted by Crippen LogP contribution is 2.31. The Bertz CT molecular complexity index is 2410. The van der Waals surface area contributed by atoms with Gasteiger partial charge in [0.2, 0.25) is 0 Å². The zero-order valence-corrected chi connectivity index (χ0v) is 25.6. The molecular formula is C44H30N2O. The Hall–Kier alpha value is -6.32. The Morgan fingerprint density at radius 1 is 0.362 bits per heavy atom. The SMILES string of the molecule is O=c1c2ccc(-c3cccc(-c4ccccc4)c3)cc2nc(-c2cccc(-c3ccccc3)c2)n1-c1cccc(-c2ccccc2)c1. The molecule has 47 heavy (non-hydrogen) atoms. The number of hydrogen-bond acceptors (Lipinski definition) is 2. The van der Waals surface area contributed by atoms with E-state index in [0.717, 1.165) is 55.8 Å². The zero-order valence-electron chi connectivity index (χ0n) is 25.6. The van der Waals surface area contributed by atoms with Crippen LogP contribution in [-0.4, -0.2) is 9.55 Å². The Labute approximate surface area is 273 Å². The van der Waals surface area contributed by atoms with Crippen LogP contribution >= 0.6 is 0 Å². The van der Waals surface area contributed by atoms with Crippen molar-refractivity contribution in [1.29, 1.82) is 0 Å². The Morgan fingerprint density at radius 3 is 1.36 bits per heavy atom. The minimum absolute atomic E-state index is 0.107. The summed E-state index contributed by atoms with van der Waals surface area (Å²) < 4.78 is 1.76. The predicted molar refractivity (Wildman–Crippen MR) is 195 cm³/mol. The van der Waals surface area contributed by atoms with Gasteiger partial charge in [0.15, 0.2) is 0 Å². The van der Waals surface area contributed by atoms with Crippen molar-refractivity contribution in [3.05, 3.63) is 192 Å². The molecule has 8 rings (SSSR count). The standard InChI is InChI=1S/C44H30N2O/c47-44-41-26-25-38(36-21-10-19-34(27-36)31-13-4-1-5-14-31)30-42(41)45-43(39-23-11-20-35(28-39)32-15-6-2-7-16-32)46(44)40-24-12-22-37(29-40)33-17-8-3-9-18-33/h1-30H. The van der Waals surface area contributed by atoms with Crippen LogP contribution in [0.15, 0.2) is 187 Å². The second-order valence-electron chi connectivity index (χ2n) is 11.6. The molecule has 7 aromatic carbocycles. The second-order valence-corrected chi connectivity index (χ2v) is 11.6. The Morgan fingerprint density at radius 2 is 0.787 bits per heavy atom. The van der Waals surface area contributed by atoms with Gasteiger partial charge in [0.05, 0.1) is 16.6 Å². The van der Waals surface area contributed by atoms with Crippen LogP contribution in [0.3, 0.4) is 0 Å². The van der Waals surface area contributed by atoms with E-state index in [1.165, 1.54) is 0 Å². The maximum absolute atomic E-state index is 14.5. The van der Waals surface area contributed by atoms with E-state index in [9.17, 15) is 4.79 Å². The number of hydrogen-bond donors (Lipinski definition) is 0. The van der Waals surface area contributed by atoms with Crippen LogP contribution in [0.4, 0.5) is 0 Å². The molecule has 0 bridgehead atoms. The lowest BCUT2D eigenvalue weighted by Crippen LogP contribution is -2.22. The maximum Gasteiger partial charge on any atom is 0.266 e. The number of benzene rings is 7. The highest BCUT2D eigenvalue weighted by atomic mass is 16.1. The lowest BCUT2D eigenvalue weighted by atomic mass is 9.98. The molecular weight excluding hydrogens is 572 g/mol. The first kappa shape index (κ1) is 28.2. The summed E-state index contributed by atoms with van der Waals surface area (Å²) in [5.41, 5.74) is 10.9. The molecule has 8 aromatic rings. The van der Waals surface area contributed by atoms with Gasteiger partial charge in [0, 0.05) is 5.56 Å². The summed E-state index contributed by atoms with van der Waals surface area (Å²) in [7, 11) is 0. The van der Waals surface area contributed by atoms with E-state index in [4.69, 9.17) is 4.98 Å². The fourth-order valence-corrected chi connectivity index (χ4v) is 6.23.